The molecule has 6 heteroatoms. The van der Waals surface area contributed by atoms with E-state index >= 15 is 0 Å². The molecule has 0 aliphatic heterocycles. The molecule has 20 heavy (non-hydrogen) atoms. The zero-order valence-electron chi connectivity index (χ0n) is 10.5. The summed E-state index contributed by atoms with van der Waals surface area (Å²) in [6.07, 6.45) is 0. The quantitative estimate of drug-likeness (QED) is 0.626. The van der Waals surface area contributed by atoms with Gasteiger partial charge in [-0.2, -0.15) is 5.26 Å². The zero-order valence-corrected chi connectivity index (χ0v) is 11.2. The highest BCUT2D eigenvalue weighted by molar-refractivity contribution is 6.32. The van der Waals surface area contributed by atoms with Crippen LogP contribution in [0.5, 0.6) is 11.5 Å². The van der Waals surface area contributed by atoms with Crippen molar-refractivity contribution in [2.75, 3.05) is 0 Å². The van der Waals surface area contributed by atoms with Gasteiger partial charge in [-0.25, -0.2) is 0 Å². The summed E-state index contributed by atoms with van der Waals surface area (Å²) in [5, 5.41) is 20.1. The molecule has 0 saturated carbocycles. The summed E-state index contributed by atoms with van der Waals surface area (Å²) in [6, 6.07) is 11.0. The Balaban J connectivity index is 2.35. The van der Waals surface area contributed by atoms with Crippen LogP contribution in [0.1, 0.15) is 11.1 Å². The van der Waals surface area contributed by atoms with Crippen LogP contribution in [-0.2, 0) is 0 Å². The van der Waals surface area contributed by atoms with Crippen LogP contribution in [0.3, 0.4) is 0 Å². The van der Waals surface area contributed by atoms with Crippen LogP contribution in [0, 0.1) is 28.4 Å². The molecule has 5 nitrogen and oxygen atoms in total. The highest BCUT2D eigenvalue weighted by Gasteiger charge is 2.15. The van der Waals surface area contributed by atoms with E-state index in [0.29, 0.717) is 16.5 Å². The van der Waals surface area contributed by atoms with Crippen molar-refractivity contribution < 1.29 is 9.66 Å². The molecule has 0 fully saturated rings. The average Bonchev–Trinajstić information content (AvgIpc) is 2.41. The van der Waals surface area contributed by atoms with Crippen molar-refractivity contribution in [2.24, 2.45) is 0 Å². The van der Waals surface area contributed by atoms with Gasteiger partial charge >= 0.3 is 0 Å². The second kappa shape index (κ2) is 5.59. The SMILES string of the molecule is Cc1ccc(Oc2ccc([N+](=O)[O-])c(C#N)c2)c(Cl)c1. The van der Waals surface area contributed by atoms with E-state index in [9.17, 15) is 10.1 Å². The van der Waals surface area contributed by atoms with Crippen molar-refractivity contribution in [3.63, 3.8) is 0 Å². The van der Waals surface area contributed by atoms with Gasteiger partial charge in [0.15, 0.2) is 0 Å². The molecule has 0 radical (unpaired) electrons. The molecule has 0 unspecified atom stereocenters. The van der Waals surface area contributed by atoms with E-state index in [1.165, 1.54) is 18.2 Å². The van der Waals surface area contributed by atoms with Gasteiger partial charge in [0.25, 0.3) is 5.69 Å². The lowest BCUT2D eigenvalue weighted by atomic mass is 10.2. The topological polar surface area (TPSA) is 76.2 Å². The van der Waals surface area contributed by atoms with Gasteiger partial charge in [-0.3, -0.25) is 10.1 Å². The van der Waals surface area contributed by atoms with Gasteiger partial charge in [0, 0.05) is 12.1 Å². The summed E-state index contributed by atoms with van der Waals surface area (Å²) in [6.45, 7) is 1.90. The predicted octanol–water partition coefficient (Wildman–Crippen LogP) is 4.22. The lowest BCUT2D eigenvalue weighted by molar-refractivity contribution is -0.385. The lowest BCUT2D eigenvalue weighted by Crippen LogP contribution is -1.93. The number of halogens is 1. The number of nitro groups is 1. The van der Waals surface area contributed by atoms with Crippen molar-refractivity contribution in [1.82, 2.24) is 0 Å². The Morgan fingerprint density at radius 2 is 2.05 bits per heavy atom. The molecular weight excluding hydrogens is 280 g/mol. The van der Waals surface area contributed by atoms with Crippen molar-refractivity contribution in [1.29, 1.82) is 5.26 Å². The first-order chi connectivity index (χ1) is 9.51. The Morgan fingerprint density at radius 1 is 1.30 bits per heavy atom. The van der Waals surface area contributed by atoms with Gasteiger partial charge in [0.1, 0.15) is 23.1 Å². The number of ether oxygens (including phenoxy) is 1. The van der Waals surface area contributed by atoms with Crippen LogP contribution in [0.15, 0.2) is 36.4 Å². The Hall–Kier alpha value is -2.58. The lowest BCUT2D eigenvalue weighted by Gasteiger charge is -2.08. The van der Waals surface area contributed by atoms with Gasteiger partial charge in [0.05, 0.1) is 9.95 Å². The van der Waals surface area contributed by atoms with Crippen molar-refractivity contribution in [3.8, 4) is 17.6 Å². The summed E-state index contributed by atoms with van der Waals surface area (Å²) in [4.78, 5) is 10.1. The molecule has 100 valence electrons. The standard InChI is InChI=1S/C14H9ClN2O3/c1-9-2-5-14(12(15)6-9)20-11-3-4-13(17(18)19)10(7-11)8-16/h2-7H,1H3. The van der Waals surface area contributed by atoms with Gasteiger partial charge < -0.3 is 4.74 Å². The number of nitrogens with zero attached hydrogens (tertiary/aromatic N) is 2. The van der Waals surface area contributed by atoms with Crippen molar-refractivity contribution >= 4 is 17.3 Å². The van der Waals surface area contributed by atoms with E-state index in [-0.39, 0.29) is 11.3 Å². The third-order valence-corrected chi connectivity index (χ3v) is 2.90. The predicted molar refractivity (Wildman–Crippen MR) is 74.1 cm³/mol. The summed E-state index contributed by atoms with van der Waals surface area (Å²) in [7, 11) is 0. The summed E-state index contributed by atoms with van der Waals surface area (Å²) in [5.41, 5.74) is 0.675. The molecular formula is C14H9ClN2O3. The van der Waals surface area contributed by atoms with Crippen LogP contribution in [-0.4, -0.2) is 4.92 Å². The van der Waals surface area contributed by atoms with E-state index in [4.69, 9.17) is 21.6 Å². The molecule has 0 aromatic heterocycles. The Labute approximate surface area is 120 Å². The third kappa shape index (κ3) is 2.87. The Bertz CT molecular complexity index is 723. The highest BCUT2D eigenvalue weighted by atomic mass is 35.5. The van der Waals surface area contributed by atoms with Crippen LogP contribution >= 0.6 is 11.6 Å². The van der Waals surface area contributed by atoms with E-state index in [2.05, 4.69) is 0 Å². The maximum Gasteiger partial charge on any atom is 0.287 e. The number of benzene rings is 2. The minimum Gasteiger partial charge on any atom is -0.456 e. The van der Waals surface area contributed by atoms with E-state index in [0.717, 1.165) is 5.56 Å². The average molecular weight is 289 g/mol. The van der Waals surface area contributed by atoms with Crippen LogP contribution in [0.2, 0.25) is 5.02 Å². The minimum atomic E-state index is -0.610. The molecule has 0 heterocycles. The maximum absolute atomic E-state index is 10.7. The summed E-state index contributed by atoms with van der Waals surface area (Å²) < 4.78 is 5.54. The first kappa shape index (κ1) is 13.8. The molecule has 0 saturated heterocycles. The largest absolute Gasteiger partial charge is 0.456 e. The fourth-order valence-corrected chi connectivity index (χ4v) is 1.92. The van der Waals surface area contributed by atoms with Gasteiger partial charge in [-0.1, -0.05) is 17.7 Å². The van der Waals surface area contributed by atoms with E-state index < -0.39 is 4.92 Å². The molecule has 0 aliphatic rings. The second-order valence-corrected chi connectivity index (χ2v) is 4.49. The molecule has 0 amide bonds. The maximum atomic E-state index is 10.7. The Morgan fingerprint density at radius 3 is 2.65 bits per heavy atom. The van der Waals surface area contributed by atoms with Crippen LogP contribution < -0.4 is 4.74 Å². The number of nitro benzene ring substituents is 1. The fourth-order valence-electron chi connectivity index (χ4n) is 1.64. The van der Waals surface area contributed by atoms with Crippen molar-refractivity contribution in [3.05, 3.63) is 62.7 Å². The fraction of sp³-hybridized carbons (Fsp3) is 0.0714. The number of hydrogen-bond acceptors (Lipinski definition) is 4. The van der Waals surface area contributed by atoms with Crippen LogP contribution in [0.4, 0.5) is 5.69 Å². The molecule has 0 aliphatic carbocycles. The first-order valence-corrected chi connectivity index (χ1v) is 6.01. The number of hydrogen-bond donors (Lipinski definition) is 0. The Kier molecular flexibility index (Phi) is 3.87. The number of rotatable bonds is 3. The molecule has 2 aromatic carbocycles. The van der Waals surface area contributed by atoms with Gasteiger partial charge in [-0.15, -0.1) is 0 Å². The molecule has 2 rings (SSSR count). The van der Waals surface area contributed by atoms with Gasteiger partial charge in [0.2, 0.25) is 0 Å². The smallest absolute Gasteiger partial charge is 0.287 e. The van der Waals surface area contributed by atoms with Crippen LogP contribution in [0.25, 0.3) is 0 Å². The summed E-state index contributed by atoms with van der Waals surface area (Å²) in [5.74, 6) is 0.743. The van der Waals surface area contributed by atoms with Crippen molar-refractivity contribution in [2.45, 2.75) is 6.92 Å². The summed E-state index contributed by atoms with van der Waals surface area (Å²) >= 11 is 6.04. The van der Waals surface area contributed by atoms with E-state index in [1.807, 2.05) is 13.0 Å². The molecule has 0 bridgehead atoms. The molecule has 0 spiro atoms. The van der Waals surface area contributed by atoms with Gasteiger partial charge in [-0.05, 0) is 30.7 Å². The molecule has 0 atom stereocenters. The normalized spacial score (nSPS) is 9.85. The highest BCUT2D eigenvalue weighted by Crippen LogP contribution is 2.32. The monoisotopic (exact) mass is 288 g/mol. The second-order valence-electron chi connectivity index (χ2n) is 4.08. The number of nitriles is 1. The minimum absolute atomic E-state index is 0.0595. The number of aryl methyl sites for hydroxylation is 1. The van der Waals surface area contributed by atoms with E-state index in [1.54, 1.807) is 18.2 Å². The molecule has 0 N–H and O–H groups in total. The molecule has 2 aromatic rings. The third-order valence-electron chi connectivity index (χ3n) is 2.60. The zero-order chi connectivity index (χ0) is 14.7. The first-order valence-electron chi connectivity index (χ1n) is 5.64.